The number of rotatable bonds is 4. The molecule has 18 heavy (non-hydrogen) atoms. The second kappa shape index (κ2) is 4.75. The minimum Gasteiger partial charge on any atom is -0.493 e. The standard InChI is InChI=1S/C15H20ClNO/c1-9(10-2-3-10)14(17)8-12-7-13(16)6-11-4-5-18-15(11)12/h6-7,9-10,14H,2-5,8,17H2,1H3. The number of benzene rings is 1. The summed E-state index contributed by atoms with van der Waals surface area (Å²) < 4.78 is 5.73. The minimum atomic E-state index is 0.212. The van der Waals surface area contributed by atoms with Gasteiger partial charge in [-0.25, -0.2) is 0 Å². The first kappa shape index (κ1) is 12.3. The summed E-state index contributed by atoms with van der Waals surface area (Å²) in [5.74, 6) is 2.48. The van der Waals surface area contributed by atoms with Crippen LogP contribution in [0.15, 0.2) is 12.1 Å². The Morgan fingerprint density at radius 2 is 2.22 bits per heavy atom. The number of halogens is 1. The molecule has 1 fully saturated rings. The summed E-state index contributed by atoms with van der Waals surface area (Å²) >= 11 is 6.17. The fraction of sp³-hybridized carbons (Fsp3) is 0.600. The van der Waals surface area contributed by atoms with Gasteiger partial charge in [0.2, 0.25) is 0 Å². The predicted octanol–water partition coefficient (Wildman–Crippen LogP) is 3.19. The lowest BCUT2D eigenvalue weighted by molar-refractivity contribution is 0.347. The van der Waals surface area contributed by atoms with E-state index >= 15 is 0 Å². The van der Waals surface area contributed by atoms with E-state index in [1.165, 1.54) is 24.0 Å². The van der Waals surface area contributed by atoms with Crippen molar-refractivity contribution in [3.8, 4) is 5.75 Å². The van der Waals surface area contributed by atoms with Gasteiger partial charge in [-0.15, -0.1) is 0 Å². The molecule has 0 aromatic heterocycles. The van der Waals surface area contributed by atoms with Crippen molar-refractivity contribution in [2.75, 3.05) is 6.61 Å². The van der Waals surface area contributed by atoms with Gasteiger partial charge in [-0.05, 0) is 54.4 Å². The van der Waals surface area contributed by atoms with Gasteiger partial charge in [-0.1, -0.05) is 18.5 Å². The average Bonchev–Trinajstić information content (AvgIpc) is 3.07. The molecule has 1 aromatic carbocycles. The van der Waals surface area contributed by atoms with Crippen LogP contribution in [-0.2, 0) is 12.8 Å². The Balaban J connectivity index is 1.79. The van der Waals surface area contributed by atoms with E-state index < -0.39 is 0 Å². The third kappa shape index (κ3) is 2.36. The molecule has 0 spiro atoms. The van der Waals surface area contributed by atoms with Crippen molar-refractivity contribution in [1.82, 2.24) is 0 Å². The monoisotopic (exact) mass is 265 g/mol. The molecule has 3 rings (SSSR count). The van der Waals surface area contributed by atoms with Gasteiger partial charge in [0.25, 0.3) is 0 Å². The molecule has 2 unspecified atom stereocenters. The Labute approximate surface area is 113 Å². The highest BCUT2D eigenvalue weighted by atomic mass is 35.5. The lowest BCUT2D eigenvalue weighted by Gasteiger charge is -2.20. The van der Waals surface area contributed by atoms with E-state index in [4.69, 9.17) is 22.1 Å². The molecule has 1 aromatic rings. The zero-order valence-electron chi connectivity index (χ0n) is 10.8. The van der Waals surface area contributed by atoms with E-state index in [2.05, 4.69) is 6.92 Å². The molecule has 0 saturated heterocycles. The Morgan fingerprint density at radius 3 is 2.94 bits per heavy atom. The summed E-state index contributed by atoms with van der Waals surface area (Å²) in [6.45, 7) is 3.05. The lowest BCUT2D eigenvalue weighted by Crippen LogP contribution is -2.31. The van der Waals surface area contributed by atoms with Crippen molar-refractivity contribution < 1.29 is 4.74 Å². The molecule has 2 aliphatic rings. The van der Waals surface area contributed by atoms with E-state index in [0.717, 1.165) is 36.1 Å². The van der Waals surface area contributed by atoms with Crippen molar-refractivity contribution in [3.63, 3.8) is 0 Å². The predicted molar refractivity (Wildman–Crippen MR) is 74.2 cm³/mol. The number of nitrogens with two attached hydrogens (primary N) is 1. The maximum absolute atomic E-state index is 6.34. The Hall–Kier alpha value is -0.730. The van der Waals surface area contributed by atoms with Gasteiger partial charge < -0.3 is 10.5 Å². The van der Waals surface area contributed by atoms with Crippen LogP contribution in [0.25, 0.3) is 0 Å². The van der Waals surface area contributed by atoms with Gasteiger partial charge in [-0.2, -0.15) is 0 Å². The number of hydrogen-bond donors (Lipinski definition) is 1. The zero-order valence-corrected chi connectivity index (χ0v) is 11.5. The number of fused-ring (bicyclic) bond motifs is 1. The summed E-state index contributed by atoms with van der Waals surface area (Å²) in [7, 11) is 0. The van der Waals surface area contributed by atoms with Gasteiger partial charge >= 0.3 is 0 Å². The number of ether oxygens (including phenoxy) is 1. The van der Waals surface area contributed by atoms with E-state index in [1.807, 2.05) is 12.1 Å². The first-order valence-corrected chi connectivity index (χ1v) is 7.22. The fourth-order valence-electron chi connectivity index (χ4n) is 2.91. The molecule has 2 nitrogen and oxygen atoms in total. The third-order valence-electron chi connectivity index (χ3n) is 4.32. The summed E-state index contributed by atoms with van der Waals surface area (Å²) in [4.78, 5) is 0. The quantitative estimate of drug-likeness (QED) is 0.907. The lowest BCUT2D eigenvalue weighted by atomic mass is 9.91. The molecule has 3 heteroatoms. The van der Waals surface area contributed by atoms with Crippen LogP contribution in [-0.4, -0.2) is 12.6 Å². The molecule has 1 aliphatic carbocycles. The highest BCUT2D eigenvalue weighted by Gasteiger charge is 2.32. The maximum Gasteiger partial charge on any atom is 0.125 e. The van der Waals surface area contributed by atoms with Gasteiger partial charge in [0, 0.05) is 17.5 Å². The first-order chi connectivity index (χ1) is 8.65. The van der Waals surface area contributed by atoms with Crippen molar-refractivity contribution in [2.45, 2.75) is 38.6 Å². The molecule has 0 radical (unpaired) electrons. The molecule has 0 bridgehead atoms. The average molecular weight is 266 g/mol. The first-order valence-electron chi connectivity index (χ1n) is 6.85. The van der Waals surface area contributed by atoms with Crippen LogP contribution < -0.4 is 10.5 Å². The smallest absolute Gasteiger partial charge is 0.125 e. The molecule has 2 N–H and O–H groups in total. The Morgan fingerprint density at radius 1 is 1.44 bits per heavy atom. The van der Waals surface area contributed by atoms with Crippen LogP contribution >= 0.6 is 11.6 Å². The maximum atomic E-state index is 6.34. The molecule has 0 amide bonds. The van der Waals surface area contributed by atoms with Gasteiger partial charge in [0.1, 0.15) is 5.75 Å². The summed E-state index contributed by atoms with van der Waals surface area (Å²) in [5.41, 5.74) is 8.77. The van der Waals surface area contributed by atoms with Gasteiger partial charge in [0.05, 0.1) is 6.61 Å². The van der Waals surface area contributed by atoms with Crippen LogP contribution in [0.5, 0.6) is 5.75 Å². The van der Waals surface area contributed by atoms with E-state index in [9.17, 15) is 0 Å². The molecule has 98 valence electrons. The topological polar surface area (TPSA) is 35.2 Å². The minimum absolute atomic E-state index is 0.212. The van der Waals surface area contributed by atoms with E-state index in [0.29, 0.717) is 5.92 Å². The molecule has 1 saturated carbocycles. The van der Waals surface area contributed by atoms with Crippen LogP contribution in [0.1, 0.15) is 30.9 Å². The van der Waals surface area contributed by atoms with Crippen LogP contribution in [0, 0.1) is 11.8 Å². The highest BCUT2D eigenvalue weighted by Crippen LogP contribution is 2.39. The second-order valence-corrected chi connectivity index (χ2v) is 6.15. The third-order valence-corrected chi connectivity index (χ3v) is 4.54. The van der Waals surface area contributed by atoms with Crippen LogP contribution in [0.3, 0.4) is 0 Å². The van der Waals surface area contributed by atoms with Crippen molar-refractivity contribution >= 4 is 11.6 Å². The van der Waals surface area contributed by atoms with Crippen molar-refractivity contribution in [2.24, 2.45) is 17.6 Å². The van der Waals surface area contributed by atoms with E-state index in [-0.39, 0.29) is 6.04 Å². The SMILES string of the molecule is CC(C(N)Cc1cc(Cl)cc2c1OCC2)C1CC1. The molecular formula is C15H20ClNO. The van der Waals surface area contributed by atoms with Gasteiger partial charge in [0.15, 0.2) is 0 Å². The largest absolute Gasteiger partial charge is 0.493 e. The summed E-state index contributed by atoms with van der Waals surface area (Å²) in [6.07, 6.45) is 4.54. The van der Waals surface area contributed by atoms with Crippen LogP contribution in [0.2, 0.25) is 5.02 Å². The molecule has 2 atom stereocenters. The van der Waals surface area contributed by atoms with E-state index in [1.54, 1.807) is 0 Å². The molecular weight excluding hydrogens is 246 g/mol. The van der Waals surface area contributed by atoms with Crippen LogP contribution in [0.4, 0.5) is 0 Å². The summed E-state index contributed by atoms with van der Waals surface area (Å²) in [6, 6.07) is 4.25. The van der Waals surface area contributed by atoms with Crippen molar-refractivity contribution in [3.05, 3.63) is 28.3 Å². The second-order valence-electron chi connectivity index (χ2n) is 5.72. The fourth-order valence-corrected chi connectivity index (χ4v) is 3.17. The zero-order chi connectivity index (χ0) is 12.7. The highest BCUT2D eigenvalue weighted by molar-refractivity contribution is 6.30. The number of hydrogen-bond acceptors (Lipinski definition) is 2. The normalized spacial score (nSPS) is 21.3. The van der Waals surface area contributed by atoms with Gasteiger partial charge in [-0.3, -0.25) is 0 Å². The molecule has 1 heterocycles. The Bertz CT molecular complexity index is 456. The summed E-state index contributed by atoms with van der Waals surface area (Å²) in [5, 5.41) is 0.806. The molecule has 1 aliphatic heterocycles. The Kier molecular flexibility index (Phi) is 3.25. The van der Waals surface area contributed by atoms with Crippen molar-refractivity contribution in [1.29, 1.82) is 0 Å².